The number of carbonyl (C=O) groups is 1. The maximum Gasteiger partial charge on any atom is 0.252 e. The number of hydrogen-bond donors (Lipinski definition) is 1. The van der Waals surface area contributed by atoms with E-state index in [4.69, 9.17) is 4.74 Å². The second kappa shape index (κ2) is 5.14. The molecule has 1 amide bonds. The van der Waals surface area contributed by atoms with Gasteiger partial charge in [0.15, 0.2) is 0 Å². The Morgan fingerprint density at radius 1 is 1.71 bits per heavy atom. The van der Waals surface area contributed by atoms with Crippen molar-refractivity contribution in [2.24, 2.45) is 0 Å². The van der Waals surface area contributed by atoms with Gasteiger partial charge >= 0.3 is 0 Å². The van der Waals surface area contributed by atoms with Crippen molar-refractivity contribution in [3.63, 3.8) is 0 Å². The highest BCUT2D eigenvalue weighted by atomic mass is 32.1. The molecular weight excluding hydrogens is 236 g/mol. The number of carbonyl (C=O) groups excluding carboxylic acids is 1. The van der Waals surface area contributed by atoms with Gasteiger partial charge in [0.1, 0.15) is 10.6 Å². The first kappa shape index (κ1) is 12.5. The van der Waals surface area contributed by atoms with E-state index in [0.29, 0.717) is 13.2 Å². The molecule has 0 aliphatic carbocycles. The van der Waals surface area contributed by atoms with Gasteiger partial charge in [-0.3, -0.25) is 4.79 Å². The predicted molar refractivity (Wildman–Crippen MR) is 66.9 cm³/mol. The molecule has 94 valence electrons. The van der Waals surface area contributed by atoms with Crippen LogP contribution in [0.15, 0.2) is 5.38 Å². The zero-order valence-electron chi connectivity index (χ0n) is 10.3. The van der Waals surface area contributed by atoms with Crippen molar-refractivity contribution < 1.29 is 9.53 Å². The van der Waals surface area contributed by atoms with Gasteiger partial charge in [0.2, 0.25) is 0 Å². The molecule has 1 aliphatic rings. The second-order valence-electron chi connectivity index (χ2n) is 4.45. The molecule has 1 atom stereocenters. The number of amides is 1. The number of aromatic nitrogens is 1. The SMILES string of the molecule is CCc1csc(CNC(=O)[C@]2(C)CCCO2)n1. The van der Waals surface area contributed by atoms with Gasteiger partial charge in [0.05, 0.1) is 12.2 Å². The van der Waals surface area contributed by atoms with Gasteiger partial charge in [-0.2, -0.15) is 0 Å². The minimum Gasteiger partial charge on any atom is -0.365 e. The van der Waals surface area contributed by atoms with Crippen LogP contribution in [-0.2, 0) is 22.5 Å². The predicted octanol–water partition coefficient (Wildman–Crippen LogP) is 1.89. The molecule has 1 saturated heterocycles. The maximum atomic E-state index is 12.0. The van der Waals surface area contributed by atoms with E-state index in [-0.39, 0.29) is 5.91 Å². The molecular formula is C12H18N2O2S. The third-order valence-corrected chi connectivity index (χ3v) is 3.96. The van der Waals surface area contributed by atoms with Crippen LogP contribution in [0, 0.1) is 0 Å². The number of thiazole rings is 1. The van der Waals surface area contributed by atoms with E-state index in [9.17, 15) is 4.79 Å². The van der Waals surface area contributed by atoms with Gasteiger partial charge < -0.3 is 10.1 Å². The molecule has 0 bridgehead atoms. The Morgan fingerprint density at radius 2 is 2.53 bits per heavy atom. The number of nitrogens with zero attached hydrogens (tertiary/aromatic N) is 1. The van der Waals surface area contributed by atoms with E-state index in [2.05, 4.69) is 17.2 Å². The van der Waals surface area contributed by atoms with Crippen molar-refractivity contribution in [3.05, 3.63) is 16.1 Å². The summed E-state index contributed by atoms with van der Waals surface area (Å²) >= 11 is 1.59. The monoisotopic (exact) mass is 254 g/mol. The van der Waals surface area contributed by atoms with Gasteiger partial charge in [-0.05, 0) is 26.2 Å². The summed E-state index contributed by atoms with van der Waals surface area (Å²) in [6.45, 7) is 5.11. The van der Waals surface area contributed by atoms with Crippen LogP contribution < -0.4 is 5.32 Å². The second-order valence-corrected chi connectivity index (χ2v) is 5.39. The molecule has 0 radical (unpaired) electrons. The van der Waals surface area contributed by atoms with Gasteiger partial charge in [-0.1, -0.05) is 6.92 Å². The Kier molecular flexibility index (Phi) is 3.79. The highest BCUT2D eigenvalue weighted by Crippen LogP contribution is 2.25. The number of rotatable bonds is 4. The molecule has 1 aliphatic heterocycles. The Labute approximate surface area is 105 Å². The van der Waals surface area contributed by atoms with Gasteiger partial charge in [0, 0.05) is 12.0 Å². The van der Waals surface area contributed by atoms with E-state index in [0.717, 1.165) is 30.0 Å². The Balaban J connectivity index is 1.87. The van der Waals surface area contributed by atoms with Gasteiger partial charge in [-0.15, -0.1) is 11.3 Å². The third-order valence-electron chi connectivity index (χ3n) is 3.06. The third kappa shape index (κ3) is 2.84. The highest BCUT2D eigenvalue weighted by molar-refractivity contribution is 7.09. The highest BCUT2D eigenvalue weighted by Gasteiger charge is 2.37. The topological polar surface area (TPSA) is 51.2 Å². The van der Waals surface area contributed by atoms with Crippen LogP contribution >= 0.6 is 11.3 Å². The number of ether oxygens (including phenoxy) is 1. The molecule has 4 nitrogen and oxygen atoms in total. The van der Waals surface area contributed by atoms with Crippen molar-refractivity contribution in [2.75, 3.05) is 6.61 Å². The molecule has 0 unspecified atom stereocenters. The average Bonchev–Trinajstić information content (AvgIpc) is 2.95. The number of nitrogens with one attached hydrogen (secondary N) is 1. The lowest BCUT2D eigenvalue weighted by Crippen LogP contribution is -2.43. The molecule has 1 fully saturated rings. The van der Waals surface area contributed by atoms with Crippen LogP contribution in [0.5, 0.6) is 0 Å². The van der Waals surface area contributed by atoms with E-state index < -0.39 is 5.60 Å². The fourth-order valence-electron chi connectivity index (χ4n) is 1.89. The number of aryl methyl sites for hydroxylation is 1. The Morgan fingerprint density at radius 3 is 3.12 bits per heavy atom. The minimum atomic E-state index is -0.634. The molecule has 1 N–H and O–H groups in total. The van der Waals surface area contributed by atoms with E-state index in [1.54, 1.807) is 11.3 Å². The number of hydrogen-bond acceptors (Lipinski definition) is 4. The van der Waals surface area contributed by atoms with Crippen LogP contribution in [0.4, 0.5) is 0 Å². The molecule has 2 rings (SSSR count). The summed E-state index contributed by atoms with van der Waals surface area (Å²) in [6.07, 6.45) is 2.70. The first-order chi connectivity index (χ1) is 8.14. The van der Waals surface area contributed by atoms with E-state index >= 15 is 0 Å². The average molecular weight is 254 g/mol. The van der Waals surface area contributed by atoms with Crippen LogP contribution in [0.25, 0.3) is 0 Å². The summed E-state index contributed by atoms with van der Waals surface area (Å²) in [6, 6.07) is 0. The van der Waals surface area contributed by atoms with Crippen molar-refractivity contribution in [1.82, 2.24) is 10.3 Å². The molecule has 0 spiro atoms. The molecule has 5 heteroatoms. The Hall–Kier alpha value is -0.940. The van der Waals surface area contributed by atoms with Crippen molar-refractivity contribution in [3.8, 4) is 0 Å². The standard InChI is InChI=1S/C12H18N2O2S/c1-3-9-8-17-10(14-9)7-13-11(15)12(2)5-4-6-16-12/h8H,3-7H2,1-2H3,(H,13,15)/t12-/m0/s1. The minimum absolute atomic E-state index is 0.0248. The molecule has 17 heavy (non-hydrogen) atoms. The molecule has 1 aromatic rings. The largest absolute Gasteiger partial charge is 0.365 e. The lowest BCUT2D eigenvalue weighted by atomic mass is 10.0. The van der Waals surface area contributed by atoms with E-state index in [1.807, 2.05) is 12.3 Å². The van der Waals surface area contributed by atoms with E-state index in [1.165, 1.54) is 0 Å². The van der Waals surface area contributed by atoms with Gasteiger partial charge in [0.25, 0.3) is 5.91 Å². The molecule has 0 aromatic carbocycles. The van der Waals surface area contributed by atoms with Crippen LogP contribution in [0.2, 0.25) is 0 Å². The van der Waals surface area contributed by atoms with Crippen molar-refractivity contribution in [2.45, 2.75) is 45.3 Å². The fourth-order valence-corrected chi connectivity index (χ4v) is 2.71. The van der Waals surface area contributed by atoms with Crippen LogP contribution in [0.3, 0.4) is 0 Å². The molecule has 2 heterocycles. The first-order valence-corrected chi connectivity index (χ1v) is 6.87. The zero-order chi connectivity index (χ0) is 12.3. The zero-order valence-corrected chi connectivity index (χ0v) is 11.1. The summed E-state index contributed by atoms with van der Waals surface area (Å²) in [5.41, 5.74) is 0.452. The van der Waals surface area contributed by atoms with Gasteiger partial charge in [-0.25, -0.2) is 4.98 Å². The van der Waals surface area contributed by atoms with Crippen molar-refractivity contribution in [1.29, 1.82) is 0 Å². The van der Waals surface area contributed by atoms with Crippen LogP contribution in [-0.4, -0.2) is 23.1 Å². The summed E-state index contributed by atoms with van der Waals surface area (Å²) in [4.78, 5) is 16.4. The molecule has 0 saturated carbocycles. The molecule has 1 aromatic heterocycles. The van der Waals surface area contributed by atoms with Crippen molar-refractivity contribution >= 4 is 17.2 Å². The summed E-state index contributed by atoms with van der Waals surface area (Å²) in [5.74, 6) is -0.0248. The summed E-state index contributed by atoms with van der Waals surface area (Å²) in [5, 5.41) is 5.90. The van der Waals surface area contributed by atoms with Crippen LogP contribution in [0.1, 0.15) is 37.4 Å². The summed E-state index contributed by atoms with van der Waals surface area (Å²) in [7, 11) is 0. The lowest BCUT2D eigenvalue weighted by Gasteiger charge is -2.21. The normalized spacial score (nSPS) is 23.9. The first-order valence-electron chi connectivity index (χ1n) is 5.99. The fraction of sp³-hybridized carbons (Fsp3) is 0.667. The maximum absolute atomic E-state index is 12.0. The lowest BCUT2D eigenvalue weighted by molar-refractivity contribution is -0.139. The summed E-state index contributed by atoms with van der Waals surface area (Å²) < 4.78 is 5.49. The smallest absolute Gasteiger partial charge is 0.252 e. The Bertz CT molecular complexity index is 397. The quantitative estimate of drug-likeness (QED) is 0.892.